The van der Waals surface area contributed by atoms with Gasteiger partial charge in [0.1, 0.15) is 12.4 Å². The lowest BCUT2D eigenvalue weighted by Crippen LogP contribution is -2.38. The maximum atomic E-state index is 12.9. The summed E-state index contributed by atoms with van der Waals surface area (Å²) in [5.74, 6) is 1.11. The molecule has 3 rings (SSSR count). The maximum Gasteiger partial charge on any atom is 0.167 e. The number of hydrogen-bond donors (Lipinski definition) is 1. The Labute approximate surface area is 165 Å². The van der Waals surface area contributed by atoms with Gasteiger partial charge >= 0.3 is 0 Å². The standard InChI is InChI=1S/C22H27NO3S/c1-27-20-10-8-17(9-11-20)22(25)19-6-4-12-23(16-19)15-18-5-2-3-7-21(18)26-14-13-24/h2-3,5,7-11,19,24H,4,6,12-16H2,1H3. The van der Waals surface area contributed by atoms with Gasteiger partial charge in [0.15, 0.2) is 5.78 Å². The Morgan fingerprint density at radius 2 is 2.00 bits per heavy atom. The highest BCUT2D eigenvalue weighted by molar-refractivity contribution is 7.98. The highest BCUT2D eigenvalue weighted by Crippen LogP contribution is 2.26. The van der Waals surface area contributed by atoms with Crippen molar-refractivity contribution in [1.29, 1.82) is 0 Å². The Morgan fingerprint density at radius 3 is 2.74 bits per heavy atom. The molecule has 2 aromatic carbocycles. The highest BCUT2D eigenvalue weighted by Gasteiger charge is 2.27. The molecule has 144 valence electrons. The zero-order valence-electron chi connectivity index (χ0n) is 15.8. The zero-order valence-corrected chi connectivity index (χ0v) is 16.6. The van der Waals surface area contributed by atoms with Gasteiger partial charge < -0.3 is 9.84 Å². The van der Waals surface area contributed by atoms with Crippen molar-refractivity contribution in [1.82, 2.24) is 4.90 Å². The first kappa shape index (κ1) is 19.9. The number of nitrogens with zero attached hydrogens (tertiary/aromatic N) is 1. The van der Waals surface area contributed by atoms with Crippen LogP contribution in [0.25, 0.3) is 0 Å². The van der Waals surface area contributed by atoms with Crippen LogP contribution in [0.4, 0.5) is 0 Å². The summed E-state index contributed by atoms with van der Waals surface area (Å²) in [6.07, 6.45) is 4.01. The molecule has 1 saturated heterocycles. The molecular formula is C22H27NO3S. The van der Waals surface area contributed by atoms with Crippen molar-refractivity contribution in [3.8, 4) is 5.75 Å². The molecule has 1 aliphatic rings. The van der Waals surface area contributed by atoms with Crippen LogP contribution in [0.2, 0.25) is 0 Å². The predicted octanol–water partition coefficient (Wildman–Crippen LogP) is 3.87. The Kier molecular flexibility index (Phi) is 7.33. The molecule has 5 heteroatoms. The van der Waals surface area contributed by atoms with Crippen LogP contribution in [0, 0.1) is 5.92 Å². The molecule has 1 N–H and O–H groups in total. The minimum absolute atomic E-state index is 0.00392. The first-order valence-electron chi connectivity index (χ1n) is 9.43. The van der Waals surface area contributed by atoms with Crippen LogP contribution >= 0.6 is 11.8 Å². The number of hydrogen-bond acceptors (Lipinski definition) is 5. The second-order valence-corrected chi connectivity index (χ2v) is 7.73. The molecule has 0 saturated carbocycles. The fraction of sp³-hybridized carbons (Fsp3) is 0.409. The summed E-state index contributed by atoms with van der Waals surface area (Å²) in [6, 6.07) is 15.9. The van der Waals surface area contributed by atoms with Gasteiger partial charge in [-0.15, -0.1) is 11.8 Å². The van der Waals surface area contributed by atoms with Crippen molar-refractivity contribution in [3.05, 3.63) is 59.7 Å². The number of rotatable bonds is 8. The number of likely N-dealkylation sites (tertiary alicyclic amines) is 1. The number of thioether (sulfide) groups is 1. The largest absolute Gasteiger partial charge is 0.491 e. The third-order valence-electron chi connectivity index (χ3n) is 4.97. The summed E-state index contributed by atoms with van der Waals surface area (Å²) in [7, 11) is 0. The van der Waals surface area contributed by atoms with Crippen LogP contribution < -0.4 is 4.74 Å². The molecule has 0 amide bonds. The van der Waals surface area contributed by atoms with Crippen molar-refractivity contribution in [3.63, 3.8) is 0 Å². The van der Waals surface area contributed by atoms with Gasteiger partial charge in [0.2, 0.25) is 0 Å². The number of para-hydroxylation sites is 1. The van der Waals surface area contributed by atoms with Gasteiger partial charge in [0, 0.05) is 35.0 Å². The lowest BCUT2D eigenvalue weighted by atomic mass is 9.90. The highest BCUT2D eigenvalue weighted by atomic mass is 32.2. The Morgan fingerprint density at radius 1 is 1.22 bits per heavy atom. The average molecular weight is 386 g/mol. The number of benzene rings is 2. The topological polar surface area (TPSA) is 49.8 Å². The van der Waals surface area contributed by atoms with Crippen LogP contribution in [0.1, 0.15) is 28.8 Å². The van der Waals surface area contributed by atoms with Crippen LogP contribution in [0.5, 0.6) is 5.75 Å². The predicted molar refractivity (Wildman–Crippen MR) is 110 cm³/mol. The van der Waals surface area contributed by atoms with Crippen molar-refractivity contribution >= 4 is 17.5 Å². The molecule has 1 heterocycles. The van der Waals surface area contributed by atoms with E-state index in [0.717, 1.165) is 49.4 Å². The third kappa shape index (κ3) is 5.34. The molecule has 0 bridgehead atoms. The third-order valence-corrected chi connectivity index (χ3v) is 5.71. The molecule has 1 aliphatic heterocycles. The monoisotopic (exact) mass is 385 g/mol. The van der Waals surface area contributed by atoms with E-state index < -0.39 is 0 Å². The normalized spacial score (nSPS) is 17.6. The van der Waals surface area contributed by atoms with E-state index in [1.165, 1.54) is 4.90 Å². The van der Waals surface area contributed by atoms with Gasteiger partial charge in [-0.1, -0.05) is 30.3 Å². The minimum Gasteiger partial charge on any atom is -0.491 e. The van der Waals surface area contributed by atoms with Crippen LogP contribution in [-0.2, 0) is 6.54 Å². The minimum atomic E-state index is 0.00392. The number of aliphatic hydroxyl groups is 1. The Hall–Kier alpha value is -1.82. The Balaban J connectivity index is 1.64. The van der Waals surface area contributed by atoms with Crippen LogP contribution in [0.15, 0.2) is 53.4 Å². The number of carbonyl (C=O) groups is 1. The van der Waals surface area contributed by atoms with E-state index in [1.807, 2.05) is 48.7 Å². The van der Waals surface area contributed by atoms with Gasteiger partial charge in [-0.25, -0.2) is 0 Å². The van der Waals surface area contributed by atoms with Gasteiger partial charge in [-0.3, -0.25) is 9.69 Å². The van der Waals surface area contributed by atoms with E-state index >= 15 is 0 Å². The van der Waals surface area contributed by atoms with Gasteiger partial charge in [-0.2, -0.15) is 0 Å². The van der Waals surface area contributed by atoms with E-state index in [0.29, 0.717) is 6.61 Å². The molecule has 27 heavy (non-hydrogen) atoms. The lowest BCUT2D eigenvalue weighted by molar-refractivity contribution is 0.0810. The Bertz CT molecular complexity index is 747. The maximum absolute atomic E-state index is 12.9. The second-order valence-electron chi connectivity index (χ2n) is 6.85. The summed E-state index contributed by atoms with van der Waals surface area (Å²) in [5.41, 5.74) is 1.91. The van der Waals surface area contributed by atoms with Crippen molar-refractivity contribution in [2.75, 3.05) is 32.6 Å². The molecule has 4 nitrogen and oxygen atoms in total. The second kappa shape index (κ2) is 9.93. The summed E-state index contributed by atoms with van der Waals surface area (Å²) in [4.78, 5) is 16.4. The fourth-order valence-corrected chi connectivity index (χ4v) is 3.98. The fourth-order valence-electron chi connectivity index (χ4n) is 3.58. The summed E-state index contributed by atoms with van der Waals surface area (Å²) in [5, 5.41) is 9.00. The van der Waals surface area contributed by atoms with Gasteiger partial charge in [0.05, 0.1) is 6.61 Å². The van der Waals surface area contributed by atoms with E-state index in [9.17, 15) is 4.79 Å². The van der Waals surface area contributed by atoms with E-state index in [1.54, 1.807) is 11.8 Å². The summed E-state index contributed by atoms with van der Waals surface area (Å²) < 4.78 is 5.65. The number of piperidine rings is 1. The van der Waals surface area contributed by atoms with E-state index in [4.69, 9.17) is 9.84 Å². The lowest BCUT2D eigenvalue weighted by Gasteiger charge is -2.32. The van der Waals surface area contributed by atoms with Crippen molar-refractivity contribution < 1.29 is 14.6 Å². The molecule has 1 atom stereocenters. The summed E-state index contributed by atoms with van der Waals surface area (Å²) >= 11 is 1.69. The first-order valence-corrected chi connectivity index (χ1v) is 10.7. The van der Waals surface area contributed by atoms with Crippen LogP contribution in [-0.4, -0.2) is 48.3 Å². The van der Waals surface area contributed by atoms with Gasteiger partial charge in [0.25, 0.3) is 0 Å². The number of Topliss-reactive ketones (excluding diaryl/α,β-unsaturated/α-hetero) is 1. The van der Waals surface area contributed by atoms with E-state index in [2.05, 4.69) is 11.0 Å². The molecule has 0 radical (unpaired) electrons. The van der Waals surface area contributed by atoms with Crippen LogP contribution in [0.3, 0.4) is 0 Å². The quantitative estimate of drug-likeness (QED) is 0.552. The molecule has 1 fully saturated rings. The smallest absolute Gasteiger partial charge is 0.167 e. The average Bonchev–Trinajstić information content (AvgIpc) is 2.73. The number of carbonyl (C=O) groups excluding carboxylic acids is 1. The molecule has 2 aromatic rings. The molecular weight excluding hydrogens is 358 g/mol. The molecule has 1 unspecified atom stereocenters. The number of aliphatic hydroxyl groups excluding tert-OH is 1. The van der Waals surface area contributed by atoms with Crippen molar-refractivity contribution in [2.45, 2.75) is 24.3 Å². The molecule has 0 aromatic heterocycles. The number of ketones is 1. The SMILES string of the molecule is CSc1ccc(C(=O)C2CCCN(Cc3ccccc3OCCO)C2)cc1. The first-order chi connectivity index (χ1) is 13.2. The molecule has 0 spiro atoms. The van der Waals surface area contributed by atoms with E-state index in [-0.39, 0.29) is 18.3 Å². The van der Waals surface area contributed by atoms with Gasteiger partial charge in [-0.05, 0) is 43.8 Å². The number of ether oxygens (including phenoxy) is 1. The van der Waals surface area contributed by atoms with Crippen molar-refractivity contribution in [2.24, 2.45) is 5.92 Å². The zero-order chi connectivity index (χ0) is 19.1. The molecule has 0 aliphatic carbocycles. The summed E-state index contributed by atoms with van der Waals surface area (Å²) in [6.45, 7) is 2.83.